The van der Waals surface area contributed by atoms with Gasteiger partial charge in [0, 0.05) is 44.8 Å². The van der Waals surface area contributed by atoms with Gasteiger partial charge in [-0.2, -0.15) is 13.2 Å². The first-order chi connectivity index (χ1) is 16.3. The fraction of sp³-hybridized carbons (Fsp3) is 0.360. The zero-order chi connectivity index (χ0) is 23.9. The van der Waals surface area contributed by atoms with E-state index in [0.717, 1.165) is 53.2 Å². The lowest BCUT2D eigenvalue weighted by Gasteiger charge is -2.42. The van der Waals surface area contributed by atoms with E-state index in [1.54, 1.807) is 4.90 Å². The predicted octanol–water partition coefficient (Wildman–Crippen LogP) is 3.34. The van der Waals surface area contributed by atoms with Crippen LogP contribution in [0.1, 0.15) is 28.7 Å². The molecule has 0 spiro atoms. The van der Waals surface area contributed by atoms with Crippen molar-refractivity contribution in [2.75, 3.05) is 26.2 Å². The molecule has 3 heterocycles. The van der Waals surface area contributed by atoms with Crippen molar-refractivity contribution in [1.29, 1.82) is 0 Å². The molecule has 0 fully saturated rings. The smallest absolute Gasteiger partial charge is 0.326 e. The number of benzene rings is 2. The van der Waals surface area contributed by atoms with Crippen LogP contribution in [0.4, 0.5) is 13.2 Å². The average Bonchev–Trinajstić information content (AvgIpc) is 3.31. The Balaban J connectivity index is 1.35. The number of carbonyl (C=O) groups is 1. The third-order valence-electron chi connectivity index (χ3n) is 6.54. The van der Waals surface area contributed by atoms with Gasteiger partial charge in [0.1, 0.15) is 0 Å². The number of aliphatic imine (C=N–C) groups is 1. The average molecular weight is 470 g/mol. The van der Waals surface area contributed by atoms with E-state index in [0.29, 0.717) is 45.1 Å². The Hall–Kier alpha value is -3.17. The maximum absolute atomic E-state index is 13.6. The first-order valence-corrected chi connectivity index (χ1v) is 11.4. The number of rotatable bonds is 5. The van der Waals surface area contributed by atoms with Crippen LogP contribution < -0.4 is 5.73 Å². The van der Waals surface area contributed by atoms with Gasteiger partial charge in [0.2, 0.25) is 5.96 Å². The number of hydrogen-bond donors (Lipinski definition) is 1. The maximum Gasteiger partial charge on any atom is 0.416 e. The summed E-state index contributed by atoms with van der Waals surface area (Å²) >= 11 is 0. The number of carbonyl (C=O) groups excluding carboxylic acids is 1. The van der Waals surface area contributed by atoms with Crippen molar-refractivity contribution in [1.82, 2.24) is 14.7 Å². The SMILES string of the molecule is NCc1cccc(CN2C(=O)C3=C(CCN(Cc4ccc(C(F)(F)F)cc4)C3)N3CCN=C23)c1. The molecule has 2 N–H and O–H groups in total. The standard InChI is InChI=1S/C25H26F3N5O/c26-25(27,28)20-6-4-17(5-7-20)14-31-10-8-22-21(16-31)23(34)33(24-30-9-11-32(22)24)15-19-3-1-2-18(12-19)13-29/h1-7,12H,8-11,13-16,29H2. The molecule has 0 atom stereocenters. The Kier molecular flexibility index (Phi) is 5.91. The molecule has 3 aliphatic rings. The Morgan fingerprint density at radius 2 is 1.74 bits per heavy atom. The Morgan fingerprint density at radius 1 is 0.971 bits per heavy atom. The molecule has 1 amide bonds. The fourth-order valence-corrected chi connectivity index (χ4v) is 4.85. The molecule has 2 aromatic carbocycles. The van der Waals surface area contributed by atoms with Crippen LogP contribution in [0.25, 0.3) is 0 Å². The highest BCUT2D eigenvalue weighted by Crippen LogP contribution is 2.33. The summed E-state index contributed by atoms with van der Waals surface area (Å²) in [6.45, 7) is 3.92. The van der Waals surface area contributed by atoms with Gasteiger partial charge in [0.25, 0.3) is 5.91 Å². The highest BCUT2D eigenvalue weighted by molar-refractivity contribution is 6.09. The highest BCUT2D eigenvalue weighted by Gasteiger charge is 2.41. The molecule has 0 unspecified atom stereocenters. The topological polar surface area (TPSA) is 65.2 Å². The zero-order valence-electron chi connectivity index (χ0n) is 18.7. The van der Waals surface area contributed by atoms with Gasteiger partial charge in [0.15, 0.2) is 0 Å². The molecule has 0 saturated heterocycles. The summed E-state index contributed by atoms with van der Waals surface area (Å²) in [4.78, 5) is 24.2. The monoisotopic (exact) mass is 469 g/mol. The molecule has 9 heteroatoms. The lowest BCUT2D eigenvalue weighted by Crippen LogP contribution is -2.53. The minimum absolute atomic E-state index is 0.0535. The van der Waals surface area contributed by atoms with Crippen molar-refractivity contribution in [3.05, 3.63) is 82.1 Å². The van der Waals surface area contributed by atoms with Gasteiger partial charge < -0.3 is 10.6 Å². The highest BCUT2D eigenvalue weighted by atomic mass is 19.4. The van der Waals surface area contributed by atoms with Crippen molar-refractivity contribution in [3.8, 4) is 0 Å². The lowest BCUT2D eigenvalue weighted by molar-refractivity contribution is -0.137. The molecule has 0 aromatic heterocycles. The summed E-state index contributed by atoms with van der Waals surface area (Å²) in [6, 6.07) is 13.1. The van der Waals surface area contributed by atoms with E-state index < -0.39 is 11.7 Å². The summed E-state index contributed by atoms with van der Waals surface area (Å²) in [5.74, 6) is 0.653. The summed E-state index contributed by atoms with van der Waals surface area (Å²) in [6.07, 6.45) is -3.64. The van der Waals surface area contributed by atoms with E-state index in [2.05, 4.69) is 14.8 Å². The van der Waals surface area contributed by atoms with Crippen LogP contribution in [-0.2, 0) is 30.6 Å². The van der Waals surface area contributed by atoms with E-state index in [4.69, 9.17) is 5.73 Å². The summed E-state index contributed by atoms with van der Waals surface area (Å²) in [5.41, 5.74) is 9.68. The van der Waals surface area contributed by atoms with Gasteiger partial charge in [-0.1, -0.05) is 36.4 Å². The van der Waals surface area contributed by atoms with Crippen LogP contribution in [0.15, 0.2) is 64.8 Å². The van der Waals surface area contributed by atoms with Crippen LogP contribution in [0.2, 0.25) is 0 Å². The van der Waals surface area contributed by atoms with Gasteiger partial charge in [0.05, 0.1) is 24.2 Å². The van der Waals surface area contributed by atoms with Gasteiger partial charge in [-0.15, -0.1) is 0 Å². The quantitative estimate of drug-likeness (QED) is 0.730. The molecular weight excluding hydrogens is 443 g/mol. The number of nitrogens with zero attached hydrogens (tertiary/aromatic N) is 4. The van der Waals surface area contributed by atoms with Crippen molar-refractivity contribution in [2.45, 2.75) is 32.2 Å². The van der Waals surface area contributed by atoms with Crippen molar-refractivity contribution in [3.63, 3.8) is 0 Å². The molecule has 5 rings (SSSR count). The Morgan fingerprint density at radius 3 is 2.47 bits per heavy atom. The van der Waals surface area contributed by atoms with E-state index >= 15 is 0 Å². The van der Waals surface area contributed by atoms with Crippen molar-refractivity contribution in [2.24, 2.45) is 10.7 Å². The number of hydrogen-bond acceptors (Lipinski definition) is 5. The predicted molar refractivity (Wildman–Crippen MR) is 122 cm³/mol. The van der Waals surface area contributed by atoms with Crippen molar-refractivity contribution < 1.29 is 18.0 Å². The van der Waals surface area contributed by atoms with Gasteiger partial charge in [-0.3, -0.25) is 19.6 Å². The van der Waals surface area contributed by atoms with Crippen LogP contribution in [0.3, 0.4) is 0 Å². The summed E-state index contributed by atoms with van der Waals surface area (Å²) in [5, 5.41) is 0. The Labute approximate surface area is 196 Å². The van der Waals surface area contributed by atoms with E-state index in [9.17, 15) is 18.0 Å². The van der Waals surface area contributed by atoms with Crippen LogP contribution in [-0.4, -0.2) is 52.7 Å². The molecule has 178 valence electrons. The van der Waals surface area contributed by atoms with E-state index in [1.165, 1.54) is 12.1 Å². The van der Waals surface area contributed by atoms with Crippen molar-refractivity contribution >= 4 is 11.9 Å². The van der Waals surface area contributed by atoms with E-state index in [1.807, 2.05) is 24.3 Å². The molecule has 0 radical (unpaired) electrons. The number of guanidine groups is 1. The molecule has 0 saturated carbocycles. The molecule has 34 heavy (non-hydrogen) atoms. The zero-order valence-corrected chi connectivity index (χ0v) is 18.7. The number of fused-ring (bicyclic) bond motifs is 2. The van der Waals surface area contributed by atoms with Crippen LogP contribution in [0.5, 0.6) is 0 Å². The number of halogens is 3. The fourth-order valence-electron chi connectivity index (χ4n) is 4.85. The lowest BCUT2D eigenvalue weighted by atomic mass is 9.99. The third kappa shape index (κ3) is 4.33. The van der Waals surface area contributed by atoms with E-state index in [-0.39, 0.29) is 5.91 Å². The van der Waals surface area contributed by atoms with Gasteiger partial charge >= 0.3 is 6.18 Å². The number of amides is 1. The molecule has 2 aromatic rings. The first-order valence-electron chi connectivity index (χ1n) is 11.4. The largest absolute Gasteiger partial charge is 0.416 e. The normalized spacial score (nSPS) is 18.8. The number of nitrogens with two attached hydrogens (primary N) is 1. The van der Waals surface area contributed by atoms with Gasteiger partial charge in [-0.25, -0.2) is 0 Å². The van der Waals surface area contributed by atoms with Gasteiger partial charge in [-0.05, 0) is 28.8 Å². The first kappa shape index (κ1) is 22.6. The molecular formula is C25H26F3N5O. The molecule has 0 bridgehead atoms. The minimum atomic E-state index is -4.35. The summed E-state index contributed by atoms with van der Waals surface area (Å²) < 4.78 is 38.6. The third-order valence-corrected chi connectivity index (χ3v) is 6.54. The second-order valence-electron chi connectivity index (χ2n) is 8.83. The minimum Gasteiger partial charge on any atom is -0.326 e. The molecule has 6 nitrogen and oxygen atoms in total. The second-order valence-corrected chi connectivity index (χ2v) is 8.83. The number of alkyl halides is 3. The molecule has 0 aliphatic carbocycles. The Bertz CT molecular complexity index is 1160. The summed E-state index contributed by atoms with van der Waals surface area (Å²) in [7, 11) is 0. The van der Waals surface area contributed by atoms with Crippen LogP contribution >= 0.6 is 0 Å². The molecule has 3 aliphatic heterocycles. The van der Waals surface area contributed by atoms with Crippen LogP contribution in [0, 0.1) is 0 Å². The second kappa shape index (κ2) is 8.88. The maximum atomic E-state index is 13.6.